The molecule has 6 aromatic rings. The second-order valence-electron chi connectivity index (χ2n) is 8.41. The summed E-state index contributed by atoms with van der Waals surface area (Å²) in [5.41, 5.74) is 5.21. The minimum atomic E-state index is 0. The summed E-state index contributed by atoms with van der Waals surface area (Å²) in [6, 6.07) is 41.5. The molecule has 2 heterocycles. The van der Waals surface area contributed by atoms with Crippen molar-refractivity contribution in [3.05, 3.63) is 128 Å². The zero-order valence-corrected chi connectivity index (χ0v) is 22.7. The van der Waals surface area contributed by atoms with Crippen molar-refractivity contribution in [2.24, 2.45) is 0 Å². The van der Waals surface area contributed by atoms with Gasteiger partial charge in [-0.15, -0.1) is 29.8 Å². The van der Waals surface area contributed by atoms with E-state index in [0.717, 1.165) is 43.1 Å². The molecule has 5 heteroatoms. The first-order chi connectivity index (χ1) is 17.7. The van der Waals surface area contributed by atoms with Crippen molar-refractivity contribution in [2.45, 2.75) is 9.92 Å². The maximum Gasteiger partial charge on any atom is 0.124 e. The number of benzene rings is 4. The van der Waals surface area contributed by atoms with E-state index in [1.807, 2.05) is 79.0 Å². The molecule has 0 aliphatic carbocycles. The summed E-state index contributed by atoms with van der Waals surface area (Å²) in [5, 5.41) is 13.7. The molecule has 37 heavy (non-hydrogen) atoms. The van der Waals surface area contributed by atoms with Crippen molar-refractivity contribution >= 4 is 22.5 Å². The van der Waals surface area contributed by atoms with Crippen molar-refractivity contribution in [3.8, 4) is 39.4 Å². The summed E-state index contributed by atoms with van der Waals surface area (Å²) in [6.07, 6.45) is 1.91. The molecule has 4 aromatic carbocycles. The van der Waals surface area contributed by atoms with Crippen LogP contribution in [0.5, 0.6) is 5.75 Å². The molecule has 0 bridgehead atoms. The van der Waals surface area contributed by atoms with Gasteiger partial charge in [0.2, 0.25) is 0 Å². The molecule has 0 saturated heterocycles. The quantitative estimate of drug-likeness (QED) is 0.187. The fraction of sp³-hybridized carbons (Fsp3) is 0. The van der Waals surface area contributed by atoms with E-state index in [1.54, 1.807) is 17.8 Å². The zero-order chi connectivity index (χ0) is 24.3. The van der Waals surface area contributed by atoms with Crippen molar-refractivity contribution < 1.29 is 26.2 Å². The van der Waals surface area contributed by atoms with Crippen LogP contribution in [0, 0.1) is 6.07 Å². The molecule has 1 N–H and O–H groups in total. The van der Waals surface area contributed by atoms with Crippen LogP contribution < -0.4 is 0 Å². The molecule has 0 saturated carbocycles. The number of nitrogens with zero attached hydrogens (tertiary/aromatic N) is 2. The van der Waals surface area contributed by atoms with Crippen LogP contribution in [0.25, 0.3) is 44.4 Å². The van der Waals surface area contributed by atoms with E-state index in [9.17, 15) is 5.11 Å². The van der Waals surface area contributed by atoms with Gasteiger partial charge < -0.3 is 5.11 Å². The molecule has 0 atom stereocenters. The van der Waals surface area contributed by atoms with Gasteiger partial charge in [0.25, 0.3) is 0 Å². The van der Waals surface area contributed by atoms with Gasteiger partial charge in [-0.1, -0.05) is 89.5 Å². The molecule has 6 rings (SSSR count). The predicted octanol–water partition coefficient (Wildman–Crippen LogP) is 8.29. The molecule has 182 valence electrons. The van der Waals surface area contributed by atoms with Crippen LogP contribution in [0.3, 0.4) is 0 Å². The Balaban J connectivity index is 0.00000280. The van der Waals surface area contributed by atoms with Crippen LogP contribution in [-0.4, -0.2) is 15.1 Å². The number of fused-ring (bicyclic) bond motifs is 1. The Kier molecular flexibility index (Phi) is 7.50. The average Bonchev–Trinajstić information content (AvgIpc) is 2.94. The zero-order valence-electron chi connectivity index (χ0n) is 19.6. The van der Waals surface area contributed by atoms with Crippen LogP contribution in [0.1, 0.15) is 0 Å². The first kappa shape index (κ1) is 24.9. The number of phenolic OH excluding ortho intramolecular Hbond substituents is 1. The fourth-order valence-electron chi connectivity index (χ4n) is 4.18. The molecular formula is C32H21N2OPtS-. The number of aromatic nitrogens is 2. The minimum Gasteiger partial charge on any atom is -0.507 e. The van der Waals surface area contributed by atoms with Crippen LogP contribution in [0.2, 0.25) is 0 Å². The van der Waals surface area contributed by atoms with E-state index in [1.165, 1.54) is 0 Å². The molecule has 0 amide bonds. The summed E-state index contributed by atoms with van der Waals surface area (Å²) in [6.45, 7) is 0. The van der Waals surface area contributed by atoms with Crippen molar-refractivity contribution in [3.63, 3.8) is 0 Å². The predicted molar refractivity (Wildman–Crippen MR) is 147 cm³/mol. The molecule has 0 spiro atoms. The number of pyridine rings is 2. The summed E-state index contributed by atoms with van der Waals surface area (Å²) in [7, 11) is 0. The van der Waals surface area contributed by atoms with Crippen LogP contribution in [0.15, 0.2) is 131 Å². The Hall–Kier alpha value is -3.72. The number of phenols is 1. The summed E-state index contributed by atoms with van der Waals surface area (Å²) < 4.78 is 0. The number of para-hydroxylation sites is 1. The first-order valence-corrected chi connectivity index (χ1v) is 12.5. The Morgan fingerprint density at radius 3 is 2.22 bits per heavy atom. The van der Waals surface area contributed by atoms with Crippen LogP contribution >= 0.6 is 11.8 Å². The Bertz CT molecular complexity index is 1690. The van der Waals surface area contributed by atoms with Gasteiger partial charge in [0, 0.05) is 38.2 Å². The number of hydrogen-bond donors (Lipinski definition) is 1. The van der Waals surface area contributed by atoms with E-state index in [2.05, 4.69) is 47.4 Å². The van der Waals surface area contributed by atoms with Gasteiger partial charge in [-0.25, -0.2) is 4.98 Å². The van der Waals surface area contributed by atoms with Gasteiger partial charge in [-0.3, -0.25) is 4.98 Å². The second-order valence-corrected chi connectivity index (χ2v) is 9.47. The van der Waals surface area contributed by atoms with Gasteiger partial charge in [0.1, 0.15) is 5.75 Å². The van der Waals surface area contributed by atoms with Gasteiger partial charge in [-0.05, 0) is 46.5 Å². The smallest absolute Gasteiger partial charge is 0.124 e. The Labute approximate surface area is 234 Å². The molecule has 0 unspecified atom stereocenters. The minimum absolute atomic E-state index is 0. The van der Waals surface area contributed by atoms with Gasteiger partial charge in [0.15, 0.2) is 0 Å². The standard InChI is InChI=1S/C32H21N2OS.Pt/c35-31-16-7-6-15-28(31)30-19-26(22-9-2-1-3-10-22)18-29(34-30)24-13-8-14-27(17-24)36-32-20-23-11-4-5-12-25(23)21-33-32;/h1-16,18-21,35H;/q-1;. The molecule has 0 aliphatic rings. The van der Waals surface area contributed by atoms with Crippen LogP contribution in [-0.2, 0) is 21.1 Å². The summed E-state index contributed by atoms with van der Waals surface area (Å²) >= 11 is 1.58. The maximum absolute atomic E-state index is 10.5. The topological polar surface area (TPSA) is 46.0 Å². The largest absolute Gasteiger partial charge is 0.507 e. The second kappa shape index (κ2) is 11.1. The van der Waals surface area contributed by atoms with Crippen molar-refractivity contribution in [1.29, 1.82) is 0 Å². The molecule has 0 radical (unpaired) electrons. The third-order valence-electron chi connectivity index (χ3n) is 5.98. The number of aromatic hydroxyl groups is 1. The number of hydrogen-bond acceptors (Lipinski definition) is 4. The molecule has 0 fully saturated rings. The Morgan fingerprint density at radius 2 is 1.38 bits per heavy atom. The maximum atomic E-state index is 10.5. The third-order valence-corrected chi connectivity index (χ3v) is 6.87. The van der Waals surface area contributed by atoms with Gasteiger partial charge in [0.05, 0.1) is 10.7 Å². The monoisotopic (exact) mass is 676 g/mol. The molecule has 0 aliphatic heterocycles. The molecule has 2 aromatic heterocycles. The average molecular weight is 677 g/mol. The first-order valence-electron chi connectivity index (χ1n) is 11.6. The van der Waals surface area contributed by atoms with E-state index in [0.29, 0.717) is 11.3 Å². The van der Waals surface area contributed by atoms with Gasteiger partial charge >= 0.3 is 0 Å². The van der Waals surface area contributed by atoms with E-state index < -0.39 is 0 Å². The Morgan fingerprint density at radius 1 is 0.649 bits per heavy atom. The third kappa shape index (κ3) is 5.51. The summed E-state index contributed by atoms with van der Waals surface area (Å²) in [5.74, 6) is 0.205. The molecule has 3 nitrogen and oxygen atoms in total. The number of rotatable bonds is 5. The van der Waals surface area contributed by atoms with Gasteiger partial charge in [-0.2, -0.15) is 0 Å². The summed E-state index contributed by atoms with van der Waals surface area (Å²) in [4.78, 5) is 10.5. The van der Waals surface area contributed by atoms with Crippen LogP contribution in [0.4, 0.5) is 0 Å². The normalized spacial score (nSPS) is 10.7. The van der Waals surface area contributed by atoms with E-state index in [-0.39, 0.29) is 26.8 Å². The fourth-order valence-corrected chi connectivity index (χ4v) is 5.01. The SMILES string of the molecule is Oc1ccccc1-c1cc(-c2ccccc2)cc(-c2[c-]c(Sc3cc4ccccc4cn3)ccc2)n1.[Pt]. The van der Waals surface area contributed by atoms with Crippen molar-refractivity contribution in [1.82, 2.24) is 9.97 Å². The van der Waals surface area contributed by atoms with E-state index >= 15 is 0 Å². The van der Waals surface area contributed by atoms with E-state index in [4.69, 9.17) is 4.98 Å². The molecular weight excluding hydrogens is 656 g/mol. The van der Waals surface area contributed by atoms with Crippen molar-refractivity contribution in [2.75, 3.05) is 0 Å².